The van der Waals surface area contributed by atoms with E-state index in [-0.39, 0.29) is 6.03 Å². The van der Waals surface area contributed by atoms with E-state index in [0.29, 0.717) is 18.1 Å². The van der Waals surface area contributed by atoms with Crippen molar-refractivity contribution in [3.63, 3.8) is 0 Å². The van der Waals surface area contributed by atoms with Gasteiger partial charge < -0.3 is 15.1 Å². The Bertz CT molecular complexity index is 931. The number of hydrogen-bond donors (Lipinski definition) is 1. The third-order valence-electron chi connectivity index (χ3n) is 4.60. The van der Waals surface area contributed by atoms with Crippen LogP contribution in [0, 0.1) is 0 Å². The molecule has 0 spiro atoms. The third kappa shape index (κ3) is 3.30. The van der Waals surface area contributed by atoms with Crippen molar-refractivity contribution >= 4 is 40.0 Å². The molecule has 2 aromatic heterocycles. The second kappa shape index (κ2) is 6.84. The van der Waals surface area contributed by atoms with Crippen molar-refractivity contribution in [2.24, 2.45) is 7.05 Å². The largest absolute Gasteiger partial charge is 0.353 e. The van der Waals surface area contributed by atoms with Crippen LogP contribution in [0.4, 0.5) is 16.3 Å². The number of aryl methyl sites for hydroxylation is 1. The Kier molecular flexibility index (Phi) is 4.38. The standard InChI is InChI=1S/C18H19ClN6O/c1-23-16-10-15(4-2-13(16)11-21-23)22-18(26)25-8-6-24(7-9-25)17-5-3-14(19)12-20-17/h2-5,10-12H,6-9H2,1H3,(H,22,26). The zero-order valence-electron chi connectivity index (χ0n) is 14.4. The minimum Gasteiger partial charge on any atom is -0.353 e. The topological polar surface area (TPSA) is 66.3 Å². The monoisotopic (exact) mass is 370 g/mol. The predicted octanol–water partition coefficient (Wildman–Crippen LogP) is 2.98. The molecule has 0 saturated carbocycles. The number of urea groups is 1. The summed E-state index contributed by atoms with van der Waals surface area (Å²) in [7, 11) is 1.89. The number of carbonyl (C=O) groups excluding carboxylic acids is 1. The van der Waals surface area contributed by atoms with E-state index in [1.807, 2.05) is 48.5 Å². The molecule has 0 atom stereocenters. The zero-order valence-corrected chi connectivity index (χ0v) is 15.1. The van der Waals surface area contributed by atoms with E-state index < -0.39 is 0 Å². The molecule has 1 N–H and O–H groups in total. The van der Waals surface area contributed by atoms with Crippen LogP contribution < -0.4 is 10.2 Å². The number of amides is 2. The first-order valence-electron chi connectivity index (χ1n) is 8.44. The number of nitrogens with zero attached hydrogens (tertiary/aromatic N) is 5. The van der Waals surface area contributed by atoms with Gasteiger partial charge in [0.25, 0.3) is 0 Å². The first-order valence-corrected chi connectivity index (χ1v) is 8.82. The number of pyridine rings is 1. The fourth-order valence-corrected chi connectivity index (χ4v) is 3.23. The molecule has 0 unspecified atom stereocenters. The Balaban J connectivity index is 1.38. The summed E-state index contributed by atoms with van der Waals surface area (Å²) in [6, 6.07) is 9.44. The highest BCUT2D eigenvalue weighted by molar-refractivity contribution is 6.30. The second-order valence-electron chi connectivity index (χ2n) is 6.28. The van der Waals surface area contributed by atoms with E-state index in [9.17, 15) is 4.79 Å². The van der Waals surface area contributed by atoms with Gasteiger partial charge >= 0.3 is 6.03 Å². The van der Waals surface area contributed by atoms with Gasteiger partial charge in [-0.3, -0.25) is 4.68 Å². The van der Waals surface area contributed by atoms with E-state index in [1.54, 1.807) is 10.9 Å². The number of nitrogens with one attached hydrogen (secondary N) is 1. The Morgan fingerprint density at radius 3 is 2.65 bits per heavy atom. The van der Waals surface area contributed by atoms with Crippen molar-refractivity contribution in [3.05, 3.63) is 47.7 Å². The summed E-state index contributed by atoms with van der Waals surface area (Å²) in [6.45, 7) is 2.76. The van der Waals surface area contributed by atoms with Crippen LogP contribution in [0.3, 0.4) is 0 Å². The molecule has 8 heteroatoms. The second-order valence-corrected chi connectivity index (χ2v) is 6.72. The lowest BCUT2D eigenvalue weighted by molar-refractivity contribution is 0.208. The summed E-state index contributed by atoms with van der Waals surface area (Å²) in [6.07, 6.45) is 3.45. The number of fused-ring (bicyclic) bond motifs is 1. The van der Waals surface area contributed by atoms with Crippen molar-refractivity contribution < 1.29 is 4.79 Å². The van der Waals surface area contributed by atoms with Gasteiger partial charge in [-0.05, 0) is 30.3 Å². The lowest BCUT2D eigenvalue weighted by Crippen LogP contribution is -2.50. The number of carbonyl (C=O) groups is 1. The molecule has 1 saturated heterocycles. The molecular weight excluding hydrogens is 352 g/mol. The maximum Gasteiger partial charge on any atom is 0.321 e. The Labute approximate surface area is 156 Å². The van der Waals surface area contributed by atoms with E-state index in [4.69, 9.17) is 11.6 Å². The molecule has 1 aliphatic heterocycles. The molecule has 0 aliphatic carbocycles. The van der Waals surface area contributed by atoms with Crippen LogP contribution in [-0.4, -0.2) is 51.9 Å². The maximum absolute atomic E-state index is 12.6. The number of halogens is 1. The van der Waals surface area contributed by atoms with Crippen LogP contribution >= 0.6 is 11.6 Å². The van der Waals surface area contributed by atoms with Crippen molar-refractivity contribution in [3.8, 4) is 0 Å². The van der Waals surface area contributed by atoms with Gasteiger partial charge in [-0.25, -0.2) is 9.78 Å². The van der Waals surface area contributed by atoms with E-state index in [1.165, 1.54) is 0 Å². The summed E-state index contributed by atoms with van der Waals surface area (Å²) >= 11 is 5.88. The fraction of sp³-hybridized carbons (Fsp3) is 0.278. The molecule has 0 radical (unpaired) electrons. The molecule has 3 aromatic rings. The van der Waals surface area contributed by atoms with Crippen LogP contribution in [0.1, 0.15) is 0 Å². The number of rotatable bonds is 2. The molecular formula is C18H19ClN6O. The minimum atomic E-state index is -0.0877. The highest BCUT2D eigenvalue weighted by atomic mass is 35.5. The molecule has 1 aliphatic rings. The van der Waals surface area contributed by atoms with E-state index in [0.717, 1.165) is 35.5 Å². The van der Waals surface area contributed by atoms with E-state index >= 15 is 0 Å². The summed E-state index contributed by atoms with van der Waals surface area (Å²) in [5.41, 5.74) is 1.76. The first-order chi connectivity index (χ1) is 12.6. The number of benzene rings is 1. The summed E-state index contributed by atoms with van der Waals surface area (Å²) in [4.78, 5) is 20.9. The van der Waals surface area contributed by atoms with Gasteiger partial charge in [0.2, 0.25) is 0 Å². The molecule has 3 heterocycles. The van der Waals surface area contributed by atoms with Crippen LogP contribution in [0.15, 0.2) is 42.7 Å². The SMILES string of the molecule is Cn1ncc2ccc(NC(=O)N3CCN(c4ccc(Cl)cn4)CC3)cc21. The summed E-state index contributed by atoms with van der Waals surface area (Å²) in [5.74, 6) is 0.885. The third-order valence-corrected chi connectivity index (χ3v) is 4.83. The van der Waals surface area contributed by atoms with Gasteiger partial charge in [0.1, 0.15) is 5.82 Å². The molecule has 0 bridgehead atoms. The molecule has 7 nitrogen and oxygen atoms in total. The number of hydrogen-bond acceptors (Lipinski definition) is 4. The van der Waals surface area contributed by atoms with Crippen LogP contribution in [-0.2, 0) is 7.05 Å². The molecule has 26 heavy (non-hydrogen) atoms. The Morgan fingerprint density at radius 2 is 1.92 bits per heavy atom. The van der Waals surface area contributed by atoms with Crippen LogP contribution in [0.2, 0.25) is 5.02 Å². The predicted molar refractivity (Wildman–Crippen MR) is 103 cm³/mol. The Morgan fingerprint density at radius 1 is 1.12 bits per heavy atom. The minimum absolute atomic E-state index is 0.0877. The molecule has 1 aromatic carbocycles. The first kappa shape index (κ1) is 16.7. The lowest BCUT2D eigenvalue weighted by atomic mass is 10.2. The Hall–Kier alpha value is -2.80. The quantitative estimate of drug-likeness (QED) is 0.753. The van der Waals surface area contributed by atoms with Crippen molar-refractivity contribution in [1.29, 1.82) is 0 Å². The average Bonchev–Trinajstić information content (AvgIpc) is 3.03. The average molecular weight is 371 g/mol. The molecule has 1 fully saturated rings. The van der Waals surface area contributed by atoms with Crippen molar-refractivity contribution in [2.45, 2.75) is 0 Å². The number of anilines is 2. The maximum atomic E-state index is 12.6. The summed E-state index contributed by atoms with van der Waals surface area (Å²) < 4.78 is 1.79. The molecule has 4 rings (SSSR count). The van der Waals surface area contributed by atoms with Crippen LogP contribution in [0.5, 0.6) is 0 Å². The molecule has 2 amide bonds. The van der Waals surface area contributed by atoms with Crippen molar-refractivity contribution in [1.82, 2.24) is 19.7 Å². The van der Waals surface area contributed by atoms with Crippen molar-refractivity contribution in [2.75, 3.05) is 36.4 Å². The highest BCUT2D eigenvalue weighted by Gasteiger charge is 2.22. The number of piperazine rings is 1. The lowest BCUT2D eigenvalue weighted by Gasteiger charge is -2.35. The highest BCUT2D eigenvalue weighted by Crippen LogP contribution is 2.20. The van der Waals surface area contributed by atoms with Gasteiger partial charge in [-0.1, -0.05) is 11.6 Å². The summed E-state index contributed by atoms with van der Waals surface area (Å²) in [5, 5.41) is 8.87. The smallest absolute Gasteiger partial charge is 0.321 e. The van der Waals surface area contributed by atoms with Crippen LogP contribution in [0.25, 0.3) is 10.9 Å². The normalized spacial score (nSPS) is 14.7. The molecule has 134 valence electrons. The number of aromatic nitrogens is 3. The van der Waals surface area contributed by atoms with Gasteiger partial charge in [0.05, 0.1) is 16.7 Å². The zero-order chi connectivity index (χ0) is 18.1. The van der Waals surface area contributed by atoms with Gasteiger partial charge in [-0.2, -0.15) is 5.10 Å². The van der Waals surface area contributed by atoms with E-state index in [2.05, 4.69) is 20.3 Å². The fourth-order valence-electron chi connectivity index (χ4n) is 3.12. The van der Waals surface area contributed by atoms with Gasteiger partial charge in [-0.15, -0.1) is 0 Å². The van der Waals surface area contributed by atoms with Gasteiger partial charge in [0, 0.05) is 50.5 Å². The van der Waals surface area contributed by atoms with Gasteiger partial charge in [0.15, 0.2) is 0 Å².